The molecule has 1 aliphatic carbocycles. The number of aliphatic hydroxyl groups is 1. The first-order valence-electron chi connectivity index (χ1n) is 5.20. The van der Waals surface area contributed by atoms with Gasteiger partial charge in [0.25, 0.3) is 0 Å². The van der Waals surface area contributed by atoms with Gasteiger partial charge in [-0.2, -0.15) is 0 Å². The van der Waals surface area contributed by atoms with Gasteiger partial charge in [0.1, 0.15) is 6.29 Å². The number of aldehydes is 1. The highest BCUT2D eigenvalue weighted by molar-refractivity contribution is 5.58. The maximum absolute atomic E-state index is 10.6. The average molecular weight is 183 g/mol. The first kappa shape index (κ1) is 9.16. The Morgan fingerprint density at radius 3 is 2.85 bits per heavy atom. The van der Waals surface area contributed by atoms with Crippen LogP contribution < -0.4 is 5.32 Å². The van der Waals surface area contributed by atoms with Crippen molar-refractivity contribution in [3.63, 3.8) is 0 Å². The van der Waals surface area contributed by atoms with Crippen LogP contribution in [0.1, 0.15) is 32.1 Å². The van der Waals surface area contributed by atoms with Crippen LogP contribution in [0.25, 0.3) is 0 Å². The molecule has 3 nitrogen and oxygen atoms in total. The largest absolute Gasteiger partial charge is 0.393 e. The second kappa shape index (κ2) is 3.76. The van der Waals surface area contributed by atoms with Crippen LogP contribution in [0.3, 0.4) is 0 Å². The molecule has 0 amide bonds. The first-order chi connectivity index (χ1) is 6.31. The van der Waals surface area contributed by atoms with Crippen molar-refractivity contribution in [1.82, 2.24) is 5.32 Å². The van der Waals surface area contributed by atoms with Gasteiger partial charge in [0.15, 0.2) is 0 Å². The fourth-order valence-corrected chi connectivity index (χ4v) is 2.70. The number of carbonyl (C=O) groups is 1. The smallest absolute Gasteiger partial charge is 0.137 e. The van der Waals surface area contributed by atoms with E-state index in [1.807, 2.05) is 0 Å². The second-order valence-electron chi connectivity index (χ2n) is 4.27. The lowest BCUT2D eigenvalue weighted by atomic mass is 9.76. The number of rotatable bonds is 1. The van der Waals surface area contributed by atoms with Gasteiger partial charge in [-0.1, -0.05) is 12.8 Å². The molecule has 13 heavy (non-hydrogen) atoms. The van der Waals surface area contributed by atoms with E-state index in [0.29, 0.717) is 18.4 Å². The van der Waals surface area contributed by atoms with Crippen molar-refractivity contribution in [3.8, 4) is 0 Å². The van der Waals surface area contributed by atoms with Crippen LogP contribution >= 0.6 is 0 Å². The van der Waals surface area contributed by atoms with Crippen LogP contribution in [-0.2, 0) is 4.79 Å². The first-order valence-corrected chi connectivity index (χ1v) is 5.20. The molecule has 0 aromatic carbocycles. The third kappa shape index (κ3) is 1.76. The highest BCUT2D eigenvalue weighted by Crippen LogP contribution is 2.32. The predicted molar refractivity (Wildman–Crippen MR) is 49.4 cm³/mol. The summed E-state index contributed by atoms with van der Waals surface area (Å²) in [5.41, 5.74) is 0. The van der Waals surface area contributed by atoms with Crippen molar-refractivity contribution in [3.05, 3.63) is 0 Å². The van der Waals surface area contributed by atoms with Crippen LogP contribution in [0.4, 0.5) is 0 Å². The molecule has 0 aromatic heterocycles. The van der Waals surface area contributed by atoms with Crippen molar-refractivity contribution in [2.45, 2.75) is 50.3 Å². The molecule has 4 atom stereocenters. The Morgan fingerprint density at radius 2 is 2.08 bits per heavy atom. The lowest BCUT2D eigenvalue weighted by Gasteiger charge is -2.42. The molecule has 1 aliphatic heterocycles. The topological polar surface area (TPSA) is 49.3 Å². The van der Waals surface area contributed by atoms with Crippen LogP contribution in [0.2, 0.25) is 0 Å². The van der Waals surface area contributed by atoms with Crippen LogP contribution in [0.15, 0.2) is 0 Å². The number of piperidine rings is 1. The minimum absolute atomic E-state index is 0.116. The molecular formula is C10H17NO2. The fraction of sp³-hybridized carbons (Fsp3) is 0.900. The summed E-state index contributed by atoms with van der Waals surface area (Å²) in [7, 11) is 0. The molecule has 1 heterocycles. The van der Waals surface area contributed by atoms with E-state index in [1.54, 1.807) is 0 Å². The van der Waals surface area contributed by atoms with E-state index in [9.17, 15) is 9.90 Å². The number of carbonyl (C=O) groups excluding carboxylic acids is 1. The molecule has 1 saturated heterocycles. The van der Waals surface area contributed by atoms with E-state index in [4.69, 9.17) is 0 Å². The summed E-state index contributed by atoms with van der Waals surface area (Å²) in [6.07, 6.45) is 5.95. The molecular weight excluding hydrogens is 166 g/mol. The van der Waals surface area contributed by atoms with E-state index >= 15 is 0 Å². The summed E-state index contributed by atoms with van der Waals surface area (Å²) in [6, 6.07) is 0.266. The SMILES string of the molecule is O=CC1CC(O)C2CCCCC2N1. The van der Waals surface area contributed by atoms with Gasteiger partial charge in [-0.05, 0) is 19.3 Å². The fourth-order valence-electron chi connectivity index (χ4n) is 2.70. The summed E-state index contributed by atoms with van der Waals surface area (Å²) in [4.78, 5) is 10.6. The molecule has 2 fully saturated rings. The lowest BCUT2D eigenvalue weighted by molar-refractivity contribution is -0.112. The number of hydrogen-bond acceptors (Lipinski definition) is 3. The Hall–Kier alpha value is -0.410. The normalized spacial score (nSPS) is 45.3. The molecule has 4 unspecified atom stereocenters. The number of aliphatic hydroxyl groups excluding tert-OH is 1. The van der Waals surface area contributed by atoms with Gasteiger partial charge in [-0.3, -0.25) is 0 Å². The molecule has 74 valence electrons. The monoisotopic (exact) mass is 183 g/mol. The molecule has 2 N–H and O–H groups in total. The lowest BCUT2D eigenvalue weighted by Crippen LogP contribution is -2.55. The Kier molecular flexibility index (Phi) is 2.65. The zero-order valence-electron chi connectivity index (χ0n) is 7.78. The van der Waals surface area contributed by atoms with Gasteiger partial charge in [-0.25, -0.2) is 0 Å². The minimum atomic E-state index is -0.262. The van der Waals surface area contributed by atoms with E-state index in [2.05, 4.69) is 5.32 Å². The van der Waals surface area contributed by atoms with E-state index in [1.165, 1.54) is 12.8 Å². The average Bonchev–Trinajstić information content (AvgIpc) is 2.18. The van der Waals surface area contributed by atoms with Crippen molar-refractivity contribution in [2.24, 2.45) is 5.92 Å². The molecule has 3 heteroatoms. The Morgan fingerprint density at radius 1 is 1.31 bits per heavy atom. The molecule has 0 bridgehead atoms. The van der Waals surface area contributed by atoms with E-state index in [0.717, 1.165) is 19.1 Å². The van der Waals surface area contributed by atoms with Gasteiger partial charge >= 0.3 is 0 Å². The van der Waals surface area contributed by atoms with Crippen molar-refractivity contribution < 1.29 is 9.90 Å². The molecule has 2 aliphatic rings. The quantitative estimate of drug-likeness (QED) is 0.581. The number of fused-ring (bicyclic) bond motifs is 1. The summed E-state index contributed by atoms with van der Waals surface area (Å²) >= 11 is 0. The standard InChI is InChI=1S/C10H17NO2/c12-6-7-5-10(13)8-3-1-2-4-9(8)11-7/h6-11,13H,1-5H2. The van der Waals surface area contributed by atoms with Crippen LogP contribution in [0.5, 0.6) is 0 Å². The van der Waals surface area contributed by atoms with Gasteiger partial charge in [-0.15, -0.1) is 0 Å². The van der Waals surface area contributed by atoms with Gasteiger partial charge < -0.3 is 15.2 Å². The maximum Gasteiger partial charge on any atom is 0.137 e. The Bertz CT molecular complexity index is 195. The van der Waals surface area contributed by atoms with E-state index < -0.39 is 0 Å². The summed E-state index contributed by atoms with van der Waals surface area (Å²) < 4.78 is 0. The zero-order valence-corrected chi connectivity index (χ0v) is 7.78. The predicted octanol–water partition coefficient (Wildman–Crippen LogP) is 0.467. The third-order valence-corrected chi connectivity index (χ3v) is 3.40. The van der Waals surface area contributed by atoms with Gasteiger partial charge in [0, 0.05) is 12.0 Å². The number of nitrogens with one attached hydrogen (secondary N) is 1. The molecule has 2 rings (SSSR count). The molecule has 0 aromatic rings. The van der Waals surface area contributed by atoms with Crippen molar-refractivity contribution >= 4 is 6.29 Å². The van der Waals surface area contributed by atoms with Gasteiger partial charge in [0.2, 0.25) is 0 Å². The number of hydrogen-bond donors (Lipinski definition) is 2. The maximum atomic E-state index is 10.6. The minimum Gasteiger partial charge on any atom is -0.393 e. The Balaban J connectivity index is 2.02. The summed E-state index contributed by atoms with van der Waals surface area (Å²) in [5, 5.41) is 13.1. The van der Waals surface area contributed by atoms with Crippen LogP contribution in [0, 0.1) is 5.92 Å². The third-order valence-electron chi connectivity index (χ3n) is 3.40. The summed E-state index contributed by atoms with van der Waals surface area (Å²) in [5.74, 6) is 0.393. The van der Waals surface area contributed by atoms with Crippen molar-refractivity contribution in [1.29, 1.82) is 0 Å². The molecule has 1 saturated carbocycles. The van der Waals surface area contributed by atoms with Gasteiger partial charge in [0.05, 0.1) is 12.1 Å². The van der Waals surface area contributed by atoms with Crippen molar-refractivity contribution in [2.75, 3.05) is 0 Å². The highest BCUT2D eigenvalue weighted by Gasteiger charge is 2.37. The molecule has 0 radical (unpaired) electrons. The molecule has 0 spiro atoms. The highest BCUT2D eigenvalue weighted by atomic mass is 16.3. The van der Waals surface area contributed by atoms with E-state index in [-0.39, 0.29) is 12.1 Å². The Labute approximate surface area is 78.5 Å². The summed E-state index contributed by atoms with van der Waals surface area (Å²) in [6.45, 7) is 0. The second-order valence-corrected chi connectivity index (χ2v) is 4.27. The van der Waals surface area contributed by atoms with Crippen LogP contribution in [-0.4, -0.2) is 29.6 Å². The zero-order chi connectivity index (χ0) is 9.26.